The molecule has 4 nitrogen and oxygen atoms in total. The second-order valence-electron chi connectivity index (χ2n) is 6.52. The Labute approximate surface area is 157 Å². The Morgan fingerprint density at radius 1 is 1.13 bits per heavy atom. The summed E-state index contributed by atoms with van der Waals surface area (Å²) in [5, 5.41) is 0. The Morgan fingerprint density at radius 3 is 2.57 bits per heavy atom. The normalized spacial score (nSPS) is 19.8. The molecule has 1 fully saturated rings. The van der Waals surface area contributed by atoms with Gasteiger partial charge in [-0.25, -0.2) is 0 Å². The summed E-state index contributed by atoms with van der Waals surface area (Å²) in [4.78, 5) is 9.41. The van der Waals surface area contributed by atoms with Gasteiger partial charge in [0.05, 0.1) is 6.54 Å². The van der Waals surface area contributed by atoms with E-state index in [0.717, 1.165) is 38.6 Å². The monoisotopic (exact) mass is 428 g/mol. The molecule has 2 aliphatic heterocycles. The highest BCUT2D eigenvalue weighted by Crippen LogP contribution is 2.29. The third-order valence-corrected chi connectivity index (χ3v) is 4.90. The molecule has 0 spiro atoms. The summed E-state index contributed by atoms with van der Waals surface area (Å²) in [6.07, 6.45) is 6.28. The van der Waals surface area contributed by atoms with Gasteiger partial charge >= 0.3 is 0 Å². The van der Waals surface area contributed by atoms with E-state index in [-0.39, 0.29) is 24.0 Å². The fraction of sp³-hybridized carbons (Fsp3) is 0.611. The number of anilines is 1. The second kappa shape index (κ2) is 8.76. The molecule has 1 saturated heterocycles. The van der Waals surface area contributed by atoms with Crippen LogP contribution in [0.5, 0.6) is 0 Å². The molecule has 0 aliphatic carbocycles. The first-order valence-corrected chi connectivity index (χ1v) is 8.65. The molecule has 2 aliphatic rings. The van der Waals surface area contributed by atoms with Crippen LogP contribution < -0.4 is 10.6 Å². The molecule has 0 radical (unpaired) electrons. The number of benzene rings is 1. The van der Waals surface area contributed by atoms with Gasteiger partial charge in [-0.3, -0.25) is 4.99 Å². The van der Waals surface area contributed by atoms with E-state index in [9.17, 15) is 0 Å². The number of hydrogen-bond acceptors (Lipinski definition) is 2. The van der Waals surface area contributed by atoms with Gasteiger partial charge in [0.1, 0.15) is 0 Å². The predicted octanol–water partition coefficient (Wildman–Crippen LogP) is 3.25. The molecule has 0 amide bonds. The van der Waals surface area contributed by atoms with Crippen molar-refractivity contribution in [3.8, 4) is 0 Å². The van der Waals surface area contributed by atoms with Gasteiger partial charge < -0.3 is 15.5 Å². The largest absolute Gasteiger partial charge is 0.370 e. The number of likely N-dealkylation sites (tertiary alicyclic amines) is 1. The molecular formula is C18H29IN4. The quantitative estimate of drug-likeness (QED) is 0.457. The molecule has 2 heterocycles. The molecular weight excluding hydrogens is 399 g/mol. The number of nitrogens with two attached hydrogens (primary N) is 1. The molecule has 0 saturated carbocycles. The van der Waals surface area contributed by atoms with Crippen molar-refractivity contribution < 1.29 is 0 Å². The molecule has 1 atom stereocenters. The zero-order valence-corrected chi connectivity index (χ0v) is 16.4. The van der Waals surface area contributed by atoms with Gasteiger partial charge in [0.2, 0.25) is 0 Å². The number of hydrogen-bond donors (Lipinski definition) is 1. The Bertz CT molecular complexity index is 524. The van der Waals surface area contributed by atoms with Crippen LogP contribution in [0.4, 0.5) is 5.69 Å². The van der Waals surface area contributed by atoms with E-state index in [1.54, 1.807) is 0 Å². The van der Waals surface area contributed by atoms with Gasteiger partial charge in [0, 0.05) is 31.4 Å². The van der Waals surface area contributed by atoms with Crippen molar-refractivity contribution in [3.63, 3.8) is 0 Å². The minimum atomic E-state index is 0. The van der Waals surface area contributed by atoms with Crippen LogP contribution in [0.1, 0.15) is 38.2 Å². The fourth-order valence-electron chi connectivity index (χ4n) is 3.55. The molecule has 0 aromatic heterocycles. The topological polar surface area (TPSA) is 44.9 Å². The van der Waals surface area contributed by atoms with Gasteiger partial charge in [0.15, 0.2) is 5.96 Å². The van der Waals surface area contributed by atoms with Crippen molar-refractivity contribution >= 4 is 35.6 Å². The number of fused-ring (bicyclic) bond motifs is 1. The zero-order chi connectivity index (χ0) is 15.4. The van der Waals surface area contributed by atoms with E-state index in [1.165, 1.54) is 36.9 Å². The summed E-state index contributed by atoms with van der Waals surface area (Å²) in [5.41, 5.74) is 9.05. The van der Waals surface area contributed by atoms with E-state index in [0.29, 0.717) is 6.04 Å². The number of guanidine groups is 1. The summed E-state index contributed by atoms with van der Waals surface area (Å²) < 4.78 is 0. The van der Waals surface area contributed by atoms with Crippen molar-refractivity contribution in [1.82, 2.24) is 4.90 Å². The van der Waals surface area contributed by atoms with Crippen molar-refractivity contribution in [3.05, 3.63) is 29.8 Å². The number of halogens is 1. The average molecular weight is 428 g/mol. The molecule has 1 aromatic rings. The first-order chi connectivity index (χ1) is 10.8. The molecule has 3 rings (SSSR count). The molecule has 1 unspecified atom stereocenters. The van der Waals surface area contributed by atoms with E-state index < -0.39 is 0 Å². The molecule has 23 heavy (non-hydrogen) atoms. The first-order valence-electron chi connectivity index (χ1n) is 8.65. The number of rotatable bonds is 3. The van der Waals surface area contributed by atoms with Crippen LogP contribution in [0.25, 0.3) is 0 Å². The predicted molar refractivity (Wildman–Crippen MR) is 109 cm³/mol. The summed E-state index contributed by atoms with van der Waals surface area (Å²) in [7, 11) is 0. The van der Waals surface area contributed by atoms with E-state index in [1.807, 2.05) is 0 Å². The highest BCUT2D eigenvalue weighted by atomic mass is 127. The summed E-state index contributed by atoms with van der Waals surface area (Å²) in [5.74, 6) is 0.737. The number of nitrogens with zero attached hydrogens (tertiary/aromatic N) is 3. The Hall–Kier alpha value is -0.980. The Balaban J connectivity index is 0.00000192. The lowest BCUT2D eigenvalue weighted by Gasteiger charge is -2.27. The lowest BCUT2D eigenvalue weighted by molar-refractivity contribution is 0.427. The highest BCUT2D eigenvalue weighted by Gasteiger charge is 2.22. The summed E-state index contributed by atoms with van der Waals surface area (Å²) in [6, 6.07) is 9.10. The number of aliphatic imine (C=N–C) groups is 1. The summed E-state index contributed by atoms with van der Waals surface area (Å²) in [6.45, 7) is 6.25. The lowest BCUT2D eigenvalue weighted by Crippen LogP contribution is -2.40. The van der Waals surface area contributed by atoms with Crippen LogP contribution in [0.2, 0.25) is 0 Å². The van der Waals surface area contributed by atoms with Crippen LogP contribution in [0, 0.1) is 0 Å². The fourth-order valence-corrected chi connectivity index (χ4v) is 3.55. The van der Waals surface area contributed by atoms with Crippen LogP contribution in [-0.4, -0.2) is 43.1 Å². The van der Waals surface area contributed by atoms with Crippen LogP contribution >= 0.6 is 24.0 Å². The van der Waals surface area contributed by atoms with Gasteiger partial charge in [-0.2, -0.15) is 0 Å². The maximum absolute atomic E-state index is 6.22. The third-order valence-electron chi connectivity index (χ3n) is 4.90. The van der Waals surface area contributed by atoms with Crippen molar-refractivity contribution in [2.75, 3.05) is 31.1 Å². The van der Waals surface area contributed by atoms with Crippen molar-refractivity contribution in [1.29, 1.82) is 0 Å². The minimum absolute atomic E-state index is 0. The maximum Gasteiger partial charge on any atom is 0.191 e. The van der Waals surface area contributed by atoms with Gasteiger partial charge in [-0.1, -0.05) is 31.0 Å². The molecule has 128 valence electrons. The van der Waals surface area contributed by atoms with Gasteiger partial charge in [0.25, 0.3) is 0 Å². The molecule has 1 aromatic carbocycles. The Morgan fingerprint density at radius 2 is 1.83 bits per heavy atom. The van der Waals surface area contributed by atoms with E-state index in [2.05, 4.69) is 46.0 Å². The zero-order valence-electron chi connectivity index (χ0n) is 14.1. The third kappa shape index (κ3) is 4.52. The van der Waals surface area contributed by atoms with E-state index in [4.69, 9.17) is 5.73 Å². The molecule has 5 heteroatoms. The van der Waals surface area contributed by atoms with Gasteiger partial charge in [-0.15, -0.1) is 24.0 Å². The van der Waals surface area contributed by atoms with Gasteiger partial charge in [-0.05, 0) is 37.8 Å². The molecule has 0 bridgehead atoms. The van der Waals surface area contributed by atoms with Crippen LogP contribution in [-0.2, 0) is 6.42 Å². The standard InChI is InChI=1S/C18H28N4.HI/c1-15(22-13-10-16-8-4-5-9-17(16)22)14-20-18(19)21-11-6-2-3-7-12-21;/h4-5,8-9,15H,2-3,6-7,10-14H2,1H3,(H2,19,20);1H. The van der Waals surface area contributed by atoms with Crippen molar-refractivity contribution in [2.45, 2.75) is 45.1 Å². The van der Waals surface area contributed by atoms with Crippen LogP contribution in [0.15, 0.2) is 29.3 Å². The lowest BCUT2D eigenvalue weighted by atomic mass is 10.2. The smallest absolute Gasteiger partial charge is 0.191 e. The first kappa shape index (κ1) is 18.4. The molecule has 2 N–H and O–H groups in total. The average Bonchev–Trinajstić information content (AvgIpc) is 2.78. The van der Waals surface area contributed by atoms with Crippen molar-refractivity contribution in [2.24, 2.45) is 10.7 Å². The SMILES string of the molecule is CC(CN=C(N)N1CCCCCC1)N1CCc2ccccc21.I. The maximum atomic E-state index is 6.22. The summed E-state index contributed by atoms with van der Waals surface area (Å²) >= 11 is 0. The second-order valence-corrected chi connectivity index (χ2v) is 6.52. The Kier molecular flexibility index (Phi) is 6.99. The highest BCUT2D eigenvalue weighted by molar-refractivity contribution is 14.0. The van der Waals surface area contributed by atoms with Crippen LogP contribution in [0.3, 0.4) is 0 Å². The minimum Gasteiger partial charge on any atom is -0.370 e. The van der Waals surface area contributed by atoms with E-state index >= 15 is 0 Å². The number of para-hydroxylation sites is 1.